The molecule has 0 saturated carbocycles. The zero-order chi connectivity index (χ0) is 17.0. The molecule has 0 aromatic heterocycles. The number of aromatic hydroxyl groups is 1. The van der Waals surface area contributed by atoms with E-state index in [1.54, 1.807) is 12.1 Å². The SMILES string of the molecule is O=C(CNC(=O)c1cc(Cl)ccc1O)Nc1ccc(Cl)c(Cl)c1. The summed E-state index contributed by atoms with van der Waals surface area (Å²) in [7, 11) is 0. The van der Waals surface area contributed by atoms with Crippen LogP contribution in [0.3, 0.4) is 0 Å². The van der Waals surface area contributed by atoms with Crippen LogP contribution < -0.4 is 10.6 Å². The quantitative estimate of drug-likeness (QED) is 0.764. The van der Waals surface area contributed by atoms with E-state index in [2.05, 4.69) is 10.6 Å². The van der Waals surface area contributed by atoms with Crippen LogP contribution in [0.25, 0.3) is 0 Å². The first kappa shape index (κ1) is 17.4. The van der Waals surface area contributed by atoms with Gasteiger partial charge in [0.05, 0.1) is 22.2 Å². The zero-order valence-corrected chi connectivity index (χ0v) is 13.8. The van der Waals surface area contributed by atoms with Crippen molar-refractivity contribution in [3.8, 4) is 5.75 Å². The highest BCUT2D eigenvalue weighted by Crippen LogP contribution is 2.25. The van der Waals surface area contributed by atoms with E-state index in [0.717, 1.165) is 0 Å². The molecular formula is C15H11Cl3N2O3. The molecule has 0 atom stereocenters. The summed E-state index contributed by atoms with van der Waals surface area (Å²) >= 11 is 17.4. The molecular weight excluding hydrogens is 363 g/mol. The van der Waals surface area contributed by atoms with E-state index in [-0.39, 0.29) is 17.9 Å². The fourth-order valence-corrected chi connectivity index (χ4v) is 2.20. The molecule has 2 aromatic rings. The van der Waals surface area contributed by atoms with Gasteiger partial charge < -0.3 is 15.7 Å². The summed E-state index contributed by atoms with van der Waals surface area (Å²) in [5, 5.41) is 15.5. The van der Waals surface area contributed by atoms with Crippen molar-refractivity contribution < 1.29 is 14.7 Å². The molecule has 0 saturated heterocycles. The maximum atomic E-state index is 11.9. The number of nitrogens with one attached hydrogen (secondary N) is 2. The third-order valence-corrected chi connectivity index (χ3v) is 3.79. The number of benzene rings is 2. The second-order valence-corrected chi connectivity index (χ2v) is 5.77. The Bertz CT molecular complexity index is 766. The van der Waals surface area contributed by atoms with Gasteiger partial charge in [-0.2, -0.15) is 0 Å². The van der Waals surface area contributed by atoms with Crippen molar-refractivity contribution in [2.24, 2.45) is 0 Å². The largest absolute Gasteiger partial charge is 0.507 e. The Balaban J connectivity index is 1.94. The molecule has 2 aromatic carbocycles. The molecule has 0 bridgehead atoms. The number of hydrogen-bond donors (Lipinski definition) is 3. The number of rotatable bonds is 4. The molecule has 23 heavy (non-hydrogen) atoms. The minimum Gasteiger partial charge on any atom is -0.507 e. The Kier molecular flexibility index (Phi) is 5.71. The summed E-state index contributed by atoms with van der Waals surface area (Å²) in [5.74, 6) is -1.30. The van der Waals surface area contributed by atoms with Gasteiger partial charge in [0.2, 0.25) is 5.91 Å². The highest BCUT2D eigenvalue weighted by atomic mass is 35.5. The van der Waals surface area contributed by atoms with Crippen molar-refractivity contribution in [3.05, 3.63) is 57.0 Å². The van der Waals surface area contributed by atoms with E-state index in [1.165, 1.54) is 24.3 Å². The Morgan fingerprint density at radius 3 is 2.43 bits per heavy atom. The summed E-state index contributed by atoms with van der Waals surface area (Å²) in [4.78, 5) is 23.7. The number of phenolic OH excluding ortho intramolecular Hbond substituents is 1. The summed E-state index contributed by atoms with van der Waals surface area (Å²) < 4.78 is 0. The lowest BCUT2D eigenvalue weighted by molar-refractivity contribution is -0.115. The molecule has 120 valence electrons. The first-order chi connectivity index (χ1) is 10.9. The normalized spacial score (nSPS) is 10.2. The van der Waals surface area contributed by atoms with Gasteiger partial charge in [0.15, 0.2) is 0 Å². The Labute approximate surface area is 147 Å². The number of phenols is 1. The average Bonchev–Trinajstić information content (AvgIpc) is 2.51. The fraction of sp³-hybridized carbons (Fsp3) is 0.0667. The lowest BCUT2D eigenvalue weighted by Crippen LogP contribution is -2.32. The van der Waals surface area contributed by atoms with Gasteiger partial charge in [0, 0.05) is 10.7 Å². The third-order valence-electron chi connectivity index (χ3n) is 2.82. The van der Waals surface area contributed by atoms with Gasteiger partial charge >= 0.3 is 0 Å². The predicted octanol–water partition coefficient (Wildman–Crippen LogP) is 3.72. The Morgan fingerprint density at radius 1 is 1.00 bits per heavy atom. The monoisotopic (exact) mass is 372 g/mol. The van der Waals surface area contributed by atoms with E-state index in [0.29, 0.717) is 20.8 Å². The lowest BCUT2D eigenvalue weighted by atomic mass is 10.2. The Hall–Kier alpha value is -1.95. The van der Waals surface area contributed by atoms with Crippen LogP contribution in [0.5, 0.6) is 5.75 Å². The Morgan fingerprint density at radius 2 is 1.74 bits per heavy atom. The molecule has 0 radical (unpaired) electrons. The average molecular weight is 374 g/mol. The number of halogens is 3. The lowest BCUT2D eigenvalue weighted by Gasteiger charge is -2.09. The number of anilines is 1. The summed E-state index contributed by atoms with van der Waals surface area (Å²) in [5.41, 5.74) is 0.434. The topological polar surface area (TPSA) is 78.4 Å². The predicted molar refractivity (Wildman–Crippen MR) is 90.5 cm³/mol. The van der Waals surface area contributed by atoms with Crippen molar-refractivity contribution >= 4 is 52.3 Å². The van der Waals surface area contributed by atoms with E-state index in [9.17, 15) is 14.7 Å². The van der Waals surface area contributed by atoms with Crippen LogP contribution in [0, 0.1) is 0 Å². The maximum Gasteiger partial charge on any atom is 0.255 e. The first-order valence-electron chi connectivity index (χ1n) is 6.38. The van der Waals surface area contributed by atoms with Crippen molar-refractivity contribution in [1.29, 1.82) is 0 Å². The van der Waals surface area contributed by atoms with E-state index >= 15 is 0 Å². The molecule has 0 fully saturated rings. The second-order valence-electron chi connectivity index (χ2n) is 4.52. The van der Waals surface area contributed by atoms with Gasteiger partial charge in [0.1, 0.15) is 5.75 Å². The van der Waals surface area contributed by atoms with Crippen molar-refractivity contribution in [2.75, 3.05) is 11.9 Å². The number of carbonyl (C=O) groups is 2. The van der Waals surface area contributed by atoms with Gasteiger partial charge in [-0.05, 0) is 36.4 Å². The summed E-state index contributed by atoms with van der Waals surface area (Å²) in [6.07, 6.45) is 0. The highest BCUT2D eigenvalue weighted by molar-refractivity contribution is 6.42. The molecule has 0 aliphatic heterocycles. The maximum absolute atomic E-state index is 11.9. The van der Waals surface area contributed by atoms with E-state index < -0.39 is 11.8 Å². The van der Waals surface area contributed by atoms with E-state index in [1.807, 2.05) is 0 Å². The van der Waals surface area contributed by atoms with Crippen molar-refractivity contribution in [3.63, 3.8) is 0 Å². The van der Waals surface area contributed by atoms with Gasteiger partial charge in [-0.15, -0.1) is 0 Å². The van der Waals surface area contributed by atoms with Crippen LogP contribution in [-0.2, 0) is 4.79 Å². The smallest absolute Gasteiger partial charge is 0.255 e. The molecule has 0 aliphatic carbocycles. The minimum atomic E-state index is -0.616. The van der Waals surface area contributed by atoms with Crippen LogP contribution in [0.15, 0.2) is 36.4 Å². The minimum absolute atomic E-state index is 0.0140. The van der Waals surface area contributed by atoms with Crippen LogP contribution in [0.1, 0.15) is 10.4 Å². The fourth-order valence-electron chi connectivity index (χ4n) is 1.72. The van der Waals surface area contributed by atoms with E-state index in [4.69, 9.17) is 34.8 Å². The molecule has 2 rings (SSSR count). The second kappa shape index (κ2) is 7.55. The molecule has 0 spiro atoms. The molecule has 0 unspecified atom stereocenters. The number of hydrogen-bond acceptors (Lipinski definition) is 3. The van der Waals surface area contributed by atoms with Crippen LogP contribution in [-0.4, -0.2) is 23.5 Å². The molecule has 2 amide bonds. The molecule has 0 heterocycles. The summed E-state index contributed by atoms with van der Waals surface area (Å²) in [6.45, 7) is -0.287. The van der Waals surface area contributed by atoms with Gasteiger partial charge in [-0.3, -0.25) is 9.59 Å². The molecule has 0 aliphatic rings. The van der Waals surface area contributed by atoms with Crippen LogP contribution in [0.2, 0.25) is 15.1 Å². The third kappa shape index (κ3) is 4.76. The van der Waals surface area contributed by atoms with Crippen molar-refractivity contribution in [2.45, 2.75) is 0 Å². The first-order valence-corrected chi connectivity index (χ1v) is 7.52. The van der Waals surface area contributed by atoms with Gasteiger partial charge in [0.25, 0.3) is 5.91 Å². The molecule has 3 N–H and O–H groups in total. The number of carbonyl (C=O) groups excluding carboxylic acids is 2. The van der Waals surface area contributed by atoms with Gasteiger partial charge in [-0.1, -0.05) is 34.8 Å². The standard InChI is InChI=1S/C15H11Cl3N2O3/c16-8-1-4-13(21)10(5-8)15(23)19-7-14(22)20-9-2-3-11(17)12(18)6-9/h1-6,21H,7H2,(H,19,23)(H,20,22). The van der Waals surface area contributed by atoms with Crippen LogP contribution >= 0.6 is 34.8 Å². The molecule has 8 heteroatoms. The van der Waals surface area contributed by atoms with Crippen molar-refractivity contribution in [1.82, 2.24) is 5.32 Å². The molecule has 5 nitrogen and oxygen atoms in total. The zero-order valence-electron chi connectivity index (χ0n) is 11.6. The summed E-state index contributed by atoms with van der Waals surface area (Å²) in [6, 6.07) is 8.67. The highest BCUT2D eigenvalue weighted by Gasteiger charge is 2.13. The van der Waals surface area contributed by atoms with Gasteiger partial charge in [-0.25, -0.2) is 0 Å². The van der Waals surface area contributed by atoms with Crippen LogP contribution in [0.4, 0.5) is 5.69 Å². The number of amides is 2.